The Morgan fingerprint density at radius 3 is 3.08 bits per heavy atom. The molecule has 0 bridgehead atoms. The summed E-state index contributed by atoms with van der Waals surface area (Å²) in [5.74, 6) is -0.464. The van der Waals surface area contributed by atoms with Crippen molar-refractivity contribution in [3.8, 4) is 17.5 Å². The highest BCUT2D eigenvalue weighted by atomic mass is 19.1. The number of hydrogen-bond acceptors (Lipinski definition) is 5. The number of anilines is 1. The molecule has 1 saturated heterocycles. The van der Waals surface area contributed by atoms with E-state index in [2.05, 4.69) is 15.3 Å². The predicted molar refractivity (Wildman–Crippen MR) is 89.6 cm³/mol. The van der Waals surface area contributed by atoms with Crippen LogP contribution in [0.1, 0.15) is 12.6 Å². The van der Waals surface area contributed by atoms with Gasteiger partial charge < -0.3 is 15.0 Å². The first kappa shape index (κ1) is 17.4. The maximum atomic E-state index is 14.5. The fourth-order valence-corrected chi connectivity index (χ4v) is 2.63. The Hall–Kier alpha value is -3.41. The second kappa shape index (κ2) is 7.23. The van der Waals surface area contributed by atoms with Crippen molar-refractivity contribution in [1.82, 2.24) is 15.3 Å². The average molecular weight is 357 g/mol. The van der Waals surface area contributed by atoms with Crippen LogP contribution in [0.3, 0.4) is 0 Å². The summed E-state index contributed by atoms with van der Waals surface area (Å²) >= 11 is 0. The molecule has 9 heteroatoms. The van der Waals surface area contributed by atoms with Gasteiger partial charge in [0.15, 0.2) is 0 Å². The highest BCUT2D eigenvalue weighted by molar-refractivity contribution is 5.90. The van der Waals surface area contributed by atoms with Crippen LogP contribution >= 0.6 is 0 Å². The van der Waals surface area contributed by atoms with Gasteiger partial charge in [-0.2, -0.15) is 5.26 Å². The summed E-state index contributed by atoms with van der Waals surface area (Å²) in [6, 6.07) is 6.30. The van der Waals surface area contributed by atoms with Gasteiger partial charge in [0, 0.05) is 13.1 Å². The topological polar surface area (TPSA) is 111 Å². The number of carbonyl (C=O) groups is 2. The summed E-state index contributed by atoms with van der Waals surface area (Å²) in [6.07, 6.45) is 0.594. The van der Waals surface area contributed by atoms with Gasteiger partial charge in [-0.25, -0.2) is 14.2 Å². The second-order valence-electron chi connectivity index (χ2n) is 5.79. The number of imidazole rings is 1. The number of nitrogens with one attached hydrogen (secondary N) is 2. The number of rotatable bonds is 5. The predicted octanol–water partition coefficient (Wildman–Crippen LogP) is 1.74. The number of nitrogens with zero attached hydrogens (tertiary/aromatic N) is 3. The van der Waals surface area contributed by atoms with Crippen LogP contribution in [0.15, 0.2) is 24.4 Å². The van der Waals surface area contributed by atoms with E-state index in [1.165, 1.54) is 24.0 Å². The minimum atomic E-state index is -0.596. The van der Waals surface area contributed by atoms with E-state index < -0.39 is 18.0 Å². The van der Waals surface area contributed by atoms with E-state index in [1.54, 1.807) is 12.3 Å². The number of halogens is 1. The van der Waals surface area contributed by atoms with Gasteiger partial charge in [-0.15, -0.1) is 0 Å². The Kier molecular flexibility index (Phi) is 4.84. The van der Waals surface area contributed by atoms with Crippen molar-refractivity contribution >= 4 is 17.7 Å². The average Bonchev–Trinajstić information content (AvgIpc) is 3.20. The number of hydrogen-bond donors (Lipinski definition) is 2. The fraction of sp³-hybridized carbons (Fsp3) is 0.294. The molecule has 2 aromatic rings. The number of nitriles is 1. The van der Waals surface area contributed by atoms with Gasteiger partial charge in [-0.05, 0) is 18.2 Å². The lowest BCUT2D eigenvalue weighted by Crippen LogP contribution is -2.33. The minimum absolute atomic E-state index is 0.130. The number of ether oxygens (including phenoxy) is 1. The molecule has 8 nitrogen and oxygen atoms in total. The molecular formula is C17H16FN5O3. The zero-order valence-electron chi connectivity index (χ0n) is 14.0. The standard InChI is InChI=1S/C17H16FN5O3/c1-10(24)20-8-13-9-23(17(25)26-13)12-2-3-14(15(18)6-12)16-21-7-11(22-16)4-5-19/h2-3,6-7,13H,4,8-9H2,1H3,(H,20,24)(H,21,22). The molecule has 2 heterocycles. The number of amides is 2. The number of cyclic esters (lactones) is 1. The molecule has 1 aliphatic heterocycles. The normalized spacial score (nSPS) is 16.3. The monoisotopic (exact) mass is 357 g/mol. The van der Waals surface area contributed by atoms with Crippen LogP contribution in [0.5, 0.6) is 0 Å². The first-order valence-corrected chi connectivity index (χ1v) is 7.91. The van der Waals surface area contributed by atoms with Crippen LogP contribution in [0.25, 0.3) is 11.4 Å². The number of aromatic amines is 1. The lowest BCUT2D eigenvalue weighted by atomic mass is 10.1. The Morgan fingerprint density at radius 1 is 1.58 bits per heavy atom. The number of benzene rings is 1. The van der Waals surface area contributed by atoms with E-state index >= 15 is 0 Å². The van der Waals surface area contributed by atoms with E-state index in [0.717, 1.165) is 0 Å². The summed E-state index contributed by atoms with van der Waals surface area (Å²) in [7, 11) is 0. The van der Waals surface area contributed by atoms with E-state index in [-0.39, 0.29) is 31.0 Å². The van der Waals surface area contributed by atoms with Crippen LogP contribution < -0.4 is 10.2 Å². The van der Waals surface area contributed by atoms with Crippen molar-refractivity contribution < 1.29 is 18.7 Å². The fourth-order valence-electron chi connectivity index (χ4n) is 2.63. The largest absolute Gasteiger partial charge is 0.442 e. The molecule has 26 heavy (non-hydrogen) atoms. The Morgan fingerprint density at radius 2 is 2.38 bits per heavy atom. The van der Waals surface area contributed by atoms with Gasteiger partial charge in [0.2, 0.25) is 5.91 Å². The van der Waals surface area contributed by atoms with Gasteiger partial charge in [-0.1, -0.05) is 0 Å². The lowest BCUT2D eigenvalue weighted by Gasteiger charge is -2.14. The Bertz CT molecular complexity index is 889. The quantitative estimate of drug-likeness (QED) is 0.847. The third kappa shape index (κ3) is 3.64. The van der Waals surface area contributed by atoms with Crippen LogP contribution in [0.4, 0.5) is 14.9 Å². The smallest absolute Gasteiger partial charge is 0.414 e. The number of aromatic nitrogens is 2. The van der Waals surface area contributed by atoms with Crippen molar-refractivity contribution in [2.45, 2.75) is 19.4 Å². The van der Waals surface area contributed by atoms with Crippen LogP contribution in [0.2, 0.25) is 0 Å². The van der Waals surface area contributed by atoms with E-state index in [9.17, 15) is 14.0 Å². The summed E-state index contributed by atoms with van der Waals surface area (Å²) < 4.78 is 19.7. The third-order valence-corrected chi connectivity index (χ3v) is 3.86. The Labute approximate surface area is 148 Å². The molecule has 1 fully saturated rings. The molecule has 3 rings (SSSR count). The molecule has 0 aliphatic carbocycles. The Balaban J connectivity index is 1.76. The minimum Gasteiger partial charge on any atom is -0.442 e. The summed E-state index contributed by atoms with van der Waals surface area (Å²) in [6.45, 7) is 1.79. The summed E-state index contributed by atoms with van der Waals surface area (Å²) in [4.78, 5) is 31.2. The lowest BCUT2D eigenvalue weighted by molar-refractivity contribution is -0.119. The van der Waals surface area contributed by atoms with Crippen molar-refractivity contribution in [1.29, 1.82) is 5.26 Å². The molecule has 1 unspecified atom stereocenters. The molecule has 1 aliphatic rings. The molecule has 0 spiro atoms. The van der Waals surface area contributed by atoms with E-state index in [0.29, 0.717) is 17.2 Å². The van der Waals surface area contributed by atoms with Crippen molar-refractivity contribution in [2.75, 3.05) is 18.0 Å². The van der Waals surface area contributed by atoms with Crippen molar-refractivity contribution in [3.05, 3.63) is 35.9 Å². The van der Waals surface area contributed by atoms with Crippen LogP contribution in [-0.4, -0.2) is 41.2 Å². The maximum absolute atomic E-state index is 14.5. The maximum Gasteiger partial charge on any atom is 0.414 e. The molecule has 134 valence electrons. The summed E-state index contributed by atoms with van der Waals surface area (Å²) in [5.41, 5.74) is 1.11. The highest BCUT2D eigenvalue weighted by Gasteiger charge is 2.32. The highest BCUT2D eigenvalue weighted by Crippen LogP contribution is 2.27. The van der Waals surface area contributed by atoms with Gasteiger partial charge in [0.05, 0.1) is 42.5 Å². The molecule has 2 N–H and O–H groups in total. The zero-order chi connectivity index (χ0) is 18.7. The van der Waals surface area contributed by atoms with E-state index in [1.807, 2.05) is 6.07 Å². The zero-order valence-corrected chi connectivity index (χ0v) is 14.0. The SMILES string of the molecule is CC(=O)NCC1CN(c2ccc(-c3nc(CC#N)c[nH]3)c(F)c2)C(=O)O1. The number of H-pyrrole nitrogens is 1. The summed E-state index contributed by atoms with van der Waals surface area (Å²) in [5, 5.41) is 11.3. The van der Waals surface area contributed by atoms with Gasteiger partial charge in [-0.3, -0.25) is 9.69 Å². The molecular weight excluding hydrogens is 341 g/mol. The molecule has 1 aromatic carbocycles. The second-order valence-corrected chi connectivity index (χ2v) is 5.79. The third-order valence-electron chi connectivity index (χ3n) is 3.86. The van der Waals surface area contributed by atoms with Gasteiger partial charge in [0.25, 0.3) is 0 Å². The molecule has 1 atom stereocenters. The van der Waals surface area contributed by atoms with Crippen molar-refractivity contribution in [2.24, 2.45) is 0 Å². The van der Waals surface area contributed by atoms with Crippen LogP contribution in [-0.2, 0) is 16.0 Å². The van der Waals surface area contributed by atoms with Gasteiger partial charge >= 0.3 is 6.09 Å². The van der Waals surface area contributed by atoms with Gasteiger partial charge in [0.1, 0.15) is 17.7 Å². The van der Waals surface area contributed by atoms with Crippen molar-refractivity contribution in [3.63, 3.8) is 0 Å². The first-order valence-electron chi connectivity index (χ1n) is 7.91. The number of carbonyl (C=O) groups excluding carboxylic acids is 2. The molecule has 2 amide bonds. The van der Waals surface area contributed by atoms with E-state index in [4.69, 9.17) is 10.00 Å². The molecule has 1 aromatic heterocycles. The first-order chi connectivity index (χ1) is 12.5. The molecule has 0 radical (unpaired) electrons. The van der Waals surface area contributed by atoms with Crippen LogP contribution in [0, 0.1) is 17.1 Å². The molecule has 0 saturated carbocycles.